The zero-order valence-corrected chi connectivity index (χ0v) is 31.2. The minimum absolute atomic E-state index is 1.14. The minimum Gasteiger partial charge on any atom is -0.310 e. The van der Waals surface area contributed by atoms with Crippen molar-refractivity contribution in [2.45, 2.75) is 27.7 Å². The summed E-state index contributed by atoms with van der Waals surface area (Å²) in [6, 6.07) is 66.1. The van der Waals surface area contributed by atoms with Crippen LogP contribution >= 0.6 is 0 Å². The molecule has 2 nitrogen and oxygen atoms in total. The van der Waals surface area contributed by atoms with Crippen LogP contribution in [0.4, 0.5) is 17.1 Å². The summed E-state index contributed by atoms with van der Waals surface area (Å²) in [4.78, 5) is 2.40. The fraction of sp³-hybridized carbons (Fsp3) is 0.0769. The first kappa shape index (κ1) is 33.2. The van der Waals surface area contributed by atoms with Crippen LogP contribution in [-0.2, 0) is 0 Å². The Kier molecular flexibility index (Phi) is 8.44. The molecule has 0 N–H and O–H groups in total. The van der Waals surface area contributed by atoms with Gasteiger partial charge in [0.25, 0.3) is 0 Å². The first-order chi connectivity index (χ1) is 26.4. The number of fused-ring (bicyclic) bond motifs is 3. The van der Waals surface area contributed by atoms with E-state index in [4.69, 9.17) is 0 Å². The van der Waals surface area contributed by atoms with Crippen molar-refractivity contribution >= 4 is 38.9 Å². The predicted molar refractivity (Wildman–Crippen MR) is 231 cm³/mol. The third-order valence-electron chi connectivity index (χ3n) is 10.9. The van der Waals surface area contributed by atoms with Crippen LogP contribution in [0.25, 0.3) is 60.9 Å². The van der Waals surface area contributed by atoms with E-state index in [1.807, 2.05) is 0 Å². The molecule has 0 aliphatic heterocycles. The monoisotopic (exact) mass is 694 g/mol. The summed E-state index contributed by atoms with van der Waals surface area (Å²) in [6.07, 6.45) is 0. The summed E-state index contributed by atoms with van der Waals surface area (Å²) in [7, 11) is 0. The van der Waals surface area contributed by atoms with Crippen molar-refractivity contribution in [2.75, 3.05) is 4.90 Å². The highest BCUT2D eigenvalue weighted by Crippen LogP contribution is 2.42. The Hall–Kier alpha value is -6.64. The molecule has 8 aromatic carbocycles. The van der Waals surface area contributed by atoms with E-state index in [0.717, 1.165) is 11.4 Å². The number of para-hydroxylation sites is 3. The van der Waals surface area contributed by atoms with Crippen LogP contribution in [-0.4, -0.2) is 4.57 Å². The molecule has 0 saturated carbocycles. The van der Waals surface area contributed by atoms with Gasteiger partial charge in [0, 0.05) is 27.8 Å². The smallest absolute Gasteiger partial charge is 0.0541 e. The third-order valence-corrected chi connectivity index (χ3v) is 10.9. The lowest BCUT2D eigenvalue weighted by Gasteiger charge is -2.29. The molecule has 0 bridgehead atoms. The highest BCUT2D eigenvalue weighted by molar-refractivity contribution is 6.09. The number of benzene rings is 8. The largest absolute Gasteiger partial charge is 0.310 e. The maximum Gasteiger partial charge on any atom is 0.0541 e. The van der Waals surface area contributed by atoms with Crippen LogP contribution < -0.4 is 4.90 Å². The first-order valence-electron chi connectivity index (χ1n) is 18.8. The zero-order chi connectivity index (χ0) is 36.8. The molecule has 0 amide bonds. The van der Waals surface area contributed by atoms with E-state index in [1.54, 1.807) is 0 Å². The van der Waals surface area contributed by atoms with Crippen LogP contribution in [0.1, 0.15) is 22.3 Å². The molecule has 1 aromatic heterocycles. The van der Waals surface area contributed by atoms with Crippen LogP contribution in [0, 0.1) is 27.7 Å². The van der Waals surface area contributed by atoms with Crippen LogP contribution in [0.15, 0.2) is 182 Å². The molecule has 54 heavy (non-hydrogen) atoms. The lowest BCUT2D eigenvalue weighted by Crippen LogP contribution is -2.13. The van der Waals surface area contributed by atoms with Gasteiger partial charge in [-0.25, -0.2) is 0 Å². The Morgan fingerprint density at radius 3 is 1.37 bits per heavy atom. The molecule has 0 spiro atoms. The second-order valence-corrected chi connectivity index (χ2v) is 14.4. The number of anilines is 3. The summed E-state index contributed by atoms with van der Waals surface area (Å²) in [5, 5.41) is 2.56. The van der Waals surface area contributed by atoms with Crippen molar-refractivity contribution < 1.29 is 0 Å². The first-order valence-corrected chi connectivity index (χ1v) is 18.8. The topological polar surface area (TPSA) is 8.17 Å². The Bertz CT molecular complexity index is 2700. The maximum atomic E-state index is 2.40. The van der Waals surface area contributed by atoms with E-state index < -0.39 is 0 Å². The van der Waals surface area contributed by atoms with E-state index in [2.05, 4.69) is 219 Å². The van der Waals surface area contributed by atoms with Crippen molar-refractivity contribution in [3.63, 3.8) is 0 Å². The van der Waals surface area contributed by atoms with Gasteiger partial charge in [-0.15, -0.1) is 0 Å². The molecule has 1 heterocycles. The number of hydrogen-bond acceptors (Lipinski definition) is 1. The molecular formula is C52H42N2. The average molecular weight is 695 g/mol. The minimum atomic E-state index is 1.14. The van der Waals surface area contributed by atoms with Crippen molar-refractivity contribution in [1.29, 1.82) is 0 Å². The number of aryl methyl sites for hydroxylation is 4. The summed E-state index contributed by atoms with van der Waals surface area (Å²) in [5.41, 5.74) is 19.6. The standard InChI is InChI=1S/C52H42N2/c1-35-34-49(36(2)33-48(35)41-25-29-45(30-26-41)54-50-21-13-11-19-46(50)47-20-12-14-22-51(47)54)42-31-37(3)52(38(4)32-42)53(43-17-9-6-10-18-43)44-27-23-40(24-28-44)39-15-7-5-8-16-39/h5-34H,1-4H3. The van der Waals surface area contributed by atoms with Crippen molar-refractivity contribution in [1.82, 2.24) is 4.57 Å². The molecule has 0 unspecified atom stereocenters. The summed E-state index contributed by atoms with van der Waals surface area (Å²) in [6.45, 7) is 8.97. The Labute approximate surface area is 318 Å². The van der Waals surface area contributed by atoms with Crippen LogP contribution in [0.5, 0.6) is 0 Å². The summed E-state index contributed by atoms with van der Waals surface area (Å²) < 4.78 is 2.38. The summed E-state index contributed by atoms with van der Waals surface area (Å²) in [5.74, 6) is 0. The van der Waals surface area contributed by atoms with E-state index in [-0.39, 0.29) is 0 Å². The highest BCUT2D eigenvalue weighted by Gasteiger charge is 2.19. The molecule has 0 fully saturated rings. The second-order valence-electron chi connectivity index (χ2n) is 14.4. The van der Waals surface area contributed by atoms with E-state index >= 15 is 0 Å². The number of rotatable bonds is 7. The second kappa shape index (κ2) is 13.7. The number of aromatic nitrogens is 1. The van der Waals surface area contributed by atoms with Gasteiger partial charge in [0.1, 0.15) is 0 Å². The van der Waals surface area contributed by atoms with Gasteiger partial charge < -0.3 is 9.47 Å². The van der Waals surface area contributed by atoms with Gasteiger partial charge in [-0.3, -0.25) is 0 Å². The molecule has 0 aliphatic rings. The van der Waals surface area contributed by atoms with Crippen LogP contribution in [0.2, 0.25) is 0 Å². The lowest BCUT2D eigenvalue weighted by atomic mass is 9.90. The molecule has 0 atom stereocenters. The quantitative estimate of drug-likeness (QED) is 0.161. The van der Waals surface area contributed by atoms with Crippen molar-refractivity contribution in [3.05, 3.63) is 204 Å². The highest BCUT2D eigenvalue weighted by atomic mass is 15.1. The van der Waals surface area contributed by atoms with E-state index in [0.29, 0.717) is 0 Å². The molecule has 260 valence electrons. The Balaban J connectivity index is 1.06. The molecule has 9 aromatic rings. The number of hydrogen-bond donors (Lipinski definition) is 0. The van der Waals surface area contributed by atoms with Gasteiger partial charge in [-0.2, -0.15) is 0 Å². The maximum absolute atomic E-state index is 2.40. The molecule has 9 rings (SSSR count). The van der Waals surface area contributed by atoms with Crippen molar-refractivity contribution in [2.24, 2.45) is 0 Å². The molecule has 0 aliphatic carbocycles. The lowest BCUT2D eigenvalue weighted by molar-refractivity contribution is 1.18. The molecule has 0 radical (unpaired) electrons. The third kappa shape index (κ3) is 5.87. The zero-order valence-electron chi connectivity index (χ0n) is 31.2. The average Bonchev–Trinajstić information content (AvgIpc) is 3.55. The van der Waals surface area contributed by atoms with Gasteiger partial charge >= 0.3 is 0 Å². The van der Waals surface area contributed by atoms with E-state index in [9.17, 15) is 0 Å². The van der Waals surface area contributed by atoms with Gasteiger partial charge in [-0.1, -0.05) is 121 Å². The summed E-state index contributed by atoms with van der Waals surface area (Å²) >= 11 is 0. The Morgan fingerprint density at radius 2 is 0.796 bits per heavy atom. The fourth-order valence-corrected chi connectivity index (χ4v) is 8.31. The normalized spacial score (nSPS) is 11.3. The van der Waals surface area contributed by atoms with Gasteiger partial charge in [0.2, 0.25) is 0 Å². The van der Waals surface area contributed by atoms with Crippen molar-refractivity contribution in [3.8, 4) is 39.1 Å². The molecule has 0 saturated heterocycles. The van der Waals surface area contributed by atoms with Gasteiger partial charge in [-0.05, 0) is 144 Å². The van der Waals surface area contributed by atoms with E-state index in [1.165, 1.54) is 88.8 Å². The Morgan fingerprint density at radius 1 is 0.352 bits per heavy atom. The van der Waals surface area contributed by atoms with Gasteiger partial charge in [0.15, 0.2) is 0 Å². The predicted octanol–water partition coefficient (Wildman–Crippen LogP) is 14.5. The number of nitrogens with zero attached hydrogens (tertiary/aromatic N) is 2. The molecule has 2 heteroatoms. The molecular weight excluding hydrogens is 653 g/mol. The fourth-order valence-electron chi connectivity index (χ4n) is 8.31. The van der Waals surface area contributed by atoms with Gasteiger partial charge in [0.05, 0.1) is 16.7 Å². The van der Waals surface area contributed by atoms with Crippen LogP contribution in [0.3, 0.4) is 0 Å². The SMILES string of the molecule is Cc1cc(-c2cc(C)c(N(c3ccccc3)c3ccc(-c4ccccc4)cc3)c(C)c2)c(C)cc1-c1ccc(-n2c3ccccc3c3ccccc32)cc1.